The first-order chi connectivity index (χ1) is 15.5. The van der Waals surface area contributed by atoms with Gasteiger partial charge in [0.05, 0.1) is 18.8 Å². The lowest BCUT2D eigenvalue weighted by Crippen LogP contribution is -2.27. The summed E-state index contributed by atoms with van der Waals surface area (Å²) < 4.78 is 4.88. The van der Waals surface area contributed by atoms with E-state index in [1.807, 2.05) is 31.2 Å². The fraction of sp³-hybridized carbons (Fsp3) is 0.348. The molecular formula is C23H28N6O3. The molecule has 0 unspecified atom stereocenters. The van der Waals surface area contributed by atoms with Crippen molar-refractivity contribution in [2.24, 2.45) is 10.7 Å². The molecule has 0 bridgehead atoms. The third-order valence-electron chi connectivity index (χ3n) is 4.84. The van der Waals surface area contributed by atoms with E-state index in [0.29, 0.717) is 48.9 Å². The van der Waals surface area contributed by atoms with Crippen LogP contribution in [-0.2, 0) is 20.9 Å². The van der Waals surface area contributed by atoms with Crippen LogP contribution in [0.25, 0.3) is 17.2 Å². The molecule has 1 aliphatic rings. The molecule has 9 nitrogen and oxygen atoms in total. The van der Waals surface area contributed by atoms with Crippen molar-refractivity contribution >= 4 is 29.4 Å². The number of nitrogens with one attached hydrogen (secondary N) is 2. The predicted molar refractivity (Wildman–Crippen MR) is 123 cm³/mol. The van der Waals surface area contributed by atoms with Crippen molar-refractivity contribution in [1.82, 2.24) is 20.6 Å². The van der Waals surface area contributed by atoms with Crippen molar-refractivity contribution in [3.05, 3.63) is 47.6 Å². The highest BCUT2D eigenvalue weighted by Crippen LogP contribution is 2.31. The Morgan fingerprint density at radius 1 is 1.16 bits per heavy atom. The summed E-state index contributed by atoms with van der Waals surface area (Å²) in [6.45, 7) is 3.24. The van der Waals surface area contributed by atoms with E-state index in [9.17, 15) is 9.59 Å². The molecule has 0 atom stereocenters. The van der Waals surface area contributed by atoms with Crippen molar-refractivity contribution in [2.45, 2.75) is 32.7 Å². The number of nitrogens with two attached hydrogens (primary N) is 1. The summed E-state index contributed by atoms with van der Waals surface area (Å²) in [4.78, 5) is 37.2. The van der Waals surface area contributed by atoms with Gasteiger partial charge in [-0.3, -0.25) is 9.59 Å². The first-order valence-electron chi connectivity index (χ1n) is 10.5. The molecule has 4 N–H and O–H groups in total. The third-order valence-corrected chi connectivity index (χ3v) is 4.84. The van der Waals surface area contributed by atoms with Gasteiger partial charge in [0.25, 0.3) is 0 Å². The molecule has 0 spiro atoms. The van der Waals surface area contributed by atoms with Gasteiger partial charge >= 0.3 is 0 Å². The van der Waals surface area contributed by atoms with Crippen molar-refractivity contribution in [2.75, 3.05) is 20.3 Å². The van der Waals surface area contributed by atoms with Crippen molar-refractivity contribution in [3.8, 4) is 11.1 Å². The standard InChI is InChI=1S/C23H28N6O3/c1-3-7-25-23(31)17-9-16-5-4-15(10-19(16)29-20(24)11-17)18-12-26-21(27-13-18)14-28-22(30)6-8-32-2/h4-5,9-10,12-13H,3,6-8,11,14H2,1-2H3,(H2,24,29)(H,25,31)(H,28,30). The van der Waals surface area contributed by atoms with Crippen molar-refractivity contribution in [3.63, 3.8) is 0 Å². The molecule has 32 heavy (non-hydrogen) atoms. The predicted octanol–water partition coefficient (Wildman–Crippen LogP) is 2.10. The number of fused-ring (bicyclic) bond motifs is 1. The third kappa shape index (κ3) is 6.21. The Kier molecular flexibility index (Phi) is 8.04. The van der Waals surface area contributed by atoms with Gasteiger partial charge in [-0.1, -0.05) is 19.1 Å². The summed E-state index contributed by atoms with van der Waals surface area (Å²) in [6.07, 6.45) is 6.70. The van der Waals surface area contributed by atoms with Crippen LogP contribution in [0.2, 0.25) is 0 Å². The maximum Gasteiger partial charge on any atom is 0.247 e. The van der Waals surface area contributed by atoms with Crippen LogP contribution in [0.5, 0.6) is 0 Å². The first-order valence-corrected chi connectivity index (χ1v) is 10.5. The maximum absolute atomic E-state index is 12.4. The molecule has 0 radical (unpaired) electrons. The normalized spacial score (nSPS) is 12.8. The van der Waals surface area contributed by atoms with Crippen LogP contribution in [0.4, 0.5) is 5.69 Å². The minimum Gasteiger partial charge on any atom is -0.387 e. The second kappa shape index (κ2) is 11.1. The number of ether oxygens (including phenoxy) is 1. The average Bonchev–Trinajstić information content (AvgIpc) is 2.97. The number of amides is 2. The molecule has 2 amide bonds. The molecule has 0 fully saturated rings. The van der Waals surface area contributed by atoms with Crippen LogP contribution in [0, 0.1) is 0 Å². The topological polar surface area (TPSA) is 132 Å². The number of amidine groups is 1. The lowest BCUT2D eigenvalue weighted by molar-refractivity contribution is -0.122. The Morgan fingerprint density at radius 2 is 1.94 bits per heavy atom. The highest BCUT2D eigenvalue weighted by molar-refractivity contribution is 6.05. The second-order valence-electron chi connectivity index (χ2n) is 7.39. The van der Waals surface area contributed by atoms with Crippen LogP contribution >= 0.6 is 0 Å². The van der Waals surface area contributed by atoms with E-state index in [2.05, 4.69) is 25.6 Å². The molecule has 2 aromatic rings. The monoisotopic (exact) mass is 436 g/mol. The van der Waals surface area contributed by atoms with E-state index in [4.69, 9.17) is 10.5 Å². The Morgan fingerprint density at radius 3 is 2.66 bits per heavy atom. The number of benzene rings is 1. The number of aromatic nitrogens is 2. The fourth-order valence-corrected chi connectivity index (χ4v) is 3.12. The molecular weight excluding hydrogens is 408 g/mol. The van der Waals surface area contributed by atoms with E-state index in [0.717, 1.165) is 23.1 Å². The minimum atomic E-state index is -0.125. The van der Waals surface area contributed by atoms with Crippen molar-refractivity contribution < 1.29 is 14.3 Å². The van der Waals surface area contributed by atoms with Gasteiger partial charge in [-0.05, 0) is 24.1 Å². The Hall–Kier alpha value is -3.59. The molecule has 2 heterocycles. The molecule has 0 saturated heterocycles. The average molecular weight is 437 g/mol. The van der Waals surface area contributed by atoms with Gasteiger partial charge in [0, 0.05) is 55.6 Å². The lowest BCUT2D eigenvalue weighted by Gasteiger charge is -2.08. The zero-order valence-electron chi connectivity index (χ0n) is 18.4. The summed E-state index contributed by atoms with van der Waals surface area (Å²) in [5.41, 5.74) is 9.86. The van der Waals surface area contributed by atoms with Crippen LogP contribution < -0.4 is 16.4 Å². The molecule has 1 aromatic heterocycles. The molecule has 1 aromatic carbocycles. The SMILES string of the molecule is CCCNC(=O)C1=Cc2ccc(-c3cnc(CNC(=O)CCOC)nc3)cc2N=C(N)C1. The molecule has 9 heteroatoms. The number of aliphatic imine (C=N–C) groups is 1. The zero-order valence-corrected chi connectivity index (χ0v) is 18.4. The Labute approximate surface area is 187 Å². The van der Waals surface area contributed by atoms with Gasteiger partial charge in [0.2, 0.25) is 11.8 Å². The fourth-order valence-electron chi connectivity index (χ4n) is 3.12. The van der Waals surface area contributed by atoms with E-state index in [1.165, 1.54) is 0 Å². The molecule has 1 aliphatic heterocycles. The van der Waals surface area contributed by atoms with Crippen LogP contribution in [0.3, 0.4) is 0 Å². The highest BCUT2D eigenvalue weighted by Gasteiger charge is 2.16. The van der Waals surface area contributed by atoms with Gasteiger partial charge in [-0.15, -0.1) is 0 Å². The van der Waals surface area contributed by atoms with E-state index in [1.54, 1.807) is 19.5 Å². The molecule has 3 rings (SSSR count). The smallest absolute Gasteiger partial charge is 0.247 e. The van der Waals surface area contributed by atoms with Gasteiger partial charge in [-0.2, -0.15) is 0 Å². The van der Waals surface area contributed by atoms with Crippen LogP contribution in [0.15, 0.2) is 41.2 Å². The summed E-state index contributed by atoms with van der Waals surface area (Å²) in [6, 6.07) is 5.74. The summed E-state index contributed by atoms with van der Waals surface area (Å²) in [7, 11) is 1.55. The number of hydrogen-bond acceptors (Lipinski definition) is 7. The minimum absolute atomic E-state index is 0.114. The quantitative estimate of drug-likeness (QED) is 0.552. The van der Waals surface area contributed by atoms with Crippen LogP contribution in [-0.4, -0.2) is 47.9 Å². The van der Waals surface area contributed by atoms with Crippen molar-refractivity contribution in [1.29, 1.82) is 0 Å². The number of carbonyl (C=O) groups excluding carboxylic acids is 2. The van der Waals surface area contributed by atoms with Gasteiger partial charge in [0.1, 0.15) is 11.7 Å². The summed E-state index contributed by atoms with van der Waals surface area (Å²) in [5, 5.41) is 5.64. The van der Waals surface area contributed by atoms with E-state index < -0.39 is 0 Å². The van der Waals surface area contributed by atoms with Gasteiger partial charge in [-0.25, -0.2) is 15.0 Å². The molecule has 168 valence electrons. The molecule has 0 saturated carbocycles. The van der Waals surface area contributed by atoms with E-state index in [-0.39, 0.29) is 18.4 Å². The Balaban J connectivity index is 1.74. The second-order valence-corrected chi connectivity index (χ2v) is 7.39. The van der Waals surface area contributed by atoms with Gasteiger partial charge in [0.15, 0.2) is 0 Å². The zero-order chi connectivity index (χ0) is 22.9. The number of nitrogens with zero attached hydrogens (tertiary/aromatic N) is 3. The highest BCUT2D eigenvalue weighted by atomic mass is 16.5. The largest absolute Gasteiger partial charge is 0.387 e. The molecule has 0 aliphatic carbocycles. The maximum atomic E-state index is 12.4. The number of rotatable bonds is 9. The van der Waals surface area contributed by atoms with Gasteiger partial charge < -0.3 is 21.1 Å². The number of methoxy groups -OCH3 is 1. The number of hydrogen-bond donors (Lipinski definition) is 3. The summed E-state index contributed by atoms with van der Waals surface area (Å²) in [5.74, 6) is 0.661. The number of carbonyl (C=O) groups is 2. The van der Waals surface area contributed by atoms with Crippen LogP contribution in [0.1, 0.15) is 37.6 Å². The summed E-state index contributed by atoms with van der Waals surface area (Å²) >= 11 is 0. The first kappa shape index (κ1) is 23.1. The lowest BCUT2D eigenvalue weighted by atomic mass is 10.0. The Bertz CT molecular complexity index is 1030. The van der Waals surface area contributed by atoms with E-state index >= 15 is 0 Å².